The van der Waals surface area contributed by atoms with Gasteiger partial charge in [-0.05, 0) is 19.9 Å². The number of nitrogens with one attached hydrogen (secondary N) is 2. The molecule has 1 aromatic rings. The highest BCUT2D eigenvalue weighted by Gasteiger charge is 2.27. The Balaban J connectivity index is 2.05. The maximum absolute atomic E-state index is 13.7. The Morgan fingerprint density at radius 2 is 2.32 bits per heavy atom. The molecule has 1 saturated heterocycles. The number of alkyl halides is 1. The van der Waals surface area contributed by atoms with E-state index >= 15 is 0 Å². The zero-order chi connectivity index (χ0) is 16.3. The predicted octanol–water partition coefficient (Wildman–Crippen LogP) is 1.38. The molecule has 122 valence electrons. The third kappa shape index (κ3) is 4.28. The summed E-state index contributed by atoms with van der Waals surface area (Å²) in [7, 11) is 0. The molecule has 0 bridgehead atoms. The van der Waals surface area contributed by atoms with Crippen molar-refractivity contribution in [3.8, 4) is 0 Å². The van der Waals surface area contributed by atoms with Gasteiger partial charge in [0, 0.05) is 6.20 Å². The molecule has 2 rings (SSSR count). The van der Waals surface area contributed by atoms with Gasteiger partial charge in [-0.3, -0.25) is 4.79 Å². The largest absolute Gasteiger partial charge is 0.387 e. The van der Waals surface area contributed by atoms with Crippen LogP contribution in [0.2, 0.25) is 5.15 Å². The third-order valence-corrected chi connectivity index (χ3v) is 3.53. The summed E-state index contributed by atoms with van der Waals surface area (Å²) in [6, 6.07) is 1.65. The van der Waals surface area contributed by atoms with E-state index in [1.54, 1.807) is 0 Å². The number of anilines is 1. The van der Waals surface area contributed by atoms with Gasteiger partial charge >= 0.3 is 0 Å². The summed E-state index contributed by atoms with van der Waals surface area (Å²) in [6.45, 7) is 3.49. The van der Waals surface area contributed by atoms with Crippen LogP contribution in [0.1, 0.15) is 24.2 Å². The van der Waals surface area contributed by atoms with Gasteiger partial charge in [-0.15, -0.1) is 0 Å². The first-order valence-corrected chi connectivity index (χ1v) is 7.29. The molecule has 1 amide bonds. The van der Waals surface area contributed by atoms with Gasteiger partial charge in [0.15, 0.2) is 0 Å². The smallest absolute Gasteiger partial charge is 0.255 e. The first-order chi connectivity index (χ1) is 10.3. The average molecular weight is 332 g/mol. The Kier molecular flexibility index (Phi) is 5.20. The fourth-order valence-electron chi connectivity index (χ4n) is 1.80. The summed E-state index contributed by atoms with van der Waals surface area (Å²) in [5, 5.41) is 15.4. The van der Waals surface area contributed by atoms with Crippen LogP contribution in [0.25, 0.3) is 0 Å². The van der Waals surface area contributed by atoms with Crippen LogP contribution in [0.3, 0.4) is 0 Å². The molecule has 1 fully saturated rings. The number of hydrogen-bond donors (Lipinski definition) is 3. The summed E-state index contributed by atoms with van der Waals surface area (Å²) in [6.07, 6.45) is -0.246. The fraction of sp³-hybridized carbons (Fsp3) is 0.571. The molecule has 1 atom stereocenters. The number of nitrogens with zero attached hydrogens (tertiary/aromatic N) is 1. The summed E-state index contributed by atoms with van der Waals surface area (Å²) >= 11 is 5.85. The number of amides is 1. The highest BCUT2D eigenvalue weighted by Crippen LogP contribution is 2.21. The Morgan fingerprint density at radius 3 is 2.86 bits per heavy atom. The van der Waals surface area contributed by atoms with Crippen LogP contribution >= 0.6 is 11.6 Å². The van der Waals surface area contributed by atoms with Crippen molar-refractivity contribution in [2.24, 2.45) is 0 Å². The SMILES string of the molecule is CC(C)(O)[C@H](F)CNC(=O)c1cnc(Cl)cc1NC1COC1. The topological polar surface area (TPSA) is 83.5 Å². The van der Waals surface area contributed by atoms with Crippen molar-refractivity contribution in [2.75, 3.05) is 25.1 Å². The number of rotatable bonds is 6. The lowest BCUT2D eigenvalue weighted by Gasteiger charge is -2.28. The highest BCUT2D eigenvalue weighted by atomic mass is 35.5. The van der Waals surface area contributed by atoms with E-state index in [-0.39, 0.29) is 23.3 Å². The van der Waals surface area contributed by atoms with Gasteiger partial charge in [0.25, 0.3) is 5.91 Å². The molecule has 0 aromatic carbocycles. The third-order valence-electron chi connectivity index (χ3n) is 3.32. The number of pyridine rings is 1. The normalized spacial score (nSPS) is 16.8. The molecule has 0 saturated carbocycles. The minimum Gasteiger partial charge on any atom is -0.387 e. The zero-order valence-electron chi connectivity index (χ0n) is 12.4. The lowest BCUT2D eigenvalue weighted by atomic mass is 10.0. The number of carbonyl (C=O) groups excluding carboxylic acids is 1. The molecule has 0 spiro atoms. The standard InChI is InChI=1S/C14H19ClFN3O3/c1-14(2,21)11(16)5-18-13(20)9-4-17-12(15)3-10(9)19-8-6-22-7-8/h3-4,8,11,21H,5-7H2,1-2H3,(H,17,19)(H,18,20)/t11-/m1/s1. The van der Waals surface area contributed by atoms with Crippen molar-refractivity contribution in [2.45, 2.75) is 31.7 Å². The first-order valence-electron chi connectivity index (χ1n) is 6.92. The van der Waals surface area contributed by atoms with Gasteiger partial charge in [0.2, 0.25) is 0 Å². The second-order valence-electron chi connectivity index (χ2n) is 5.76. The van der Waals surface area contributed by atoms with E-state index in [2.05, 4.69) is 15.6 Å². The minimum atomic E-state index is -1.58. The number of hydrogen-bond acceptors (Lipinski definition) is 5. The molecule has 1 aliphatic rings. The molecule has 1 aliphatic heterocycles. The second kappa shape index (κ2) is 6.76. The minimum absolute atomic E-state index is 0.107. The van der Waals surface area contributed by atoms with E-state index in [0.717, 1.165) is 0 Å². The number of aliphatic hydroxyl groups is 1. The van der Waals surface area contributed by atoms with E-state index in [0.29, 0.717) is 18.9 Å². The monoisotopic (exact) mass is 331 g/mol. The van der Waals surface area contributed by atoms with Crippen molar-refractivity contribution >= 4 is 23.2 Å². The molecular formula is C14H19ClFN3O3. The number of halogens is 2. The highest BCUT2D eigenvalue weighted by molar-refractivity contribution is 6.29. The van der Waals surface area contributed by atoms with E-state index < -0.39 is 17.7 Å². The van der Waals surface area contributed by atoms with E-state index in [4.69, 9.17) is 16.3 Å². The van der Waals surface area contributed by atoms with Crippen molar-refractivity contribution in [3.05, 3.63) is 23.0 Å². The maximum atomic E-state index is 13.7. The molecule has 1 aromatic heterocycles. The van der Waals surface area contributed by atoms with Crippen LogP contribution in [0.15, 0.2) is 12.3 Å². The molecule has 0 radical (unpaired) electrons. The first kappa shape index (κ1) is 16.9. The Bertz CT molecular complexity index is 547. The lowest BCUT2D eigenvalue weighted by molar-refractivity contribution is -0.00178. The molecule has 6 nitrogen and oxygen atoms in total. The van der Waals surface area contributed by atoms with Crippen LogP contribution in [0.4, 0.5) is 10.1 Å². The number of aromatic nitrogens is 1. The predicted molar refractivity (Wildman–Crippen MR) is 81.0 cm³/mol. The Labute approximate surface area is 133 Å². The van der Waals surface area contributed by atoms with Crippen LogP contribution in [0, 0.1) is 0 Å². The zero-order valence-corrected chi connectivity index (χ0v) is 13.2. The summed E-state index contributed by atoms with van der Waals surface area (Å²) in [4.78, 5) is 16.1. The fourth-order valence-corrected chi connectivity index (χ4v) is 1.95. The maximum Gasteiger partial charge on any atom is 0.255 e. The van der Waals surface area contributed by atoms with E-state index in [1.807, 2.05) is 0 Å². The second-order valence-corrected chi connectivity index (χ2v) is 6.15. The summed E-state index contributed by atoms with van der Waals surface area (Å²) in [5.74, 6) is -0.487. The van der Waals surface area contributed by atoms with Crippen molar-refractivity contribution < 1.29 is 19.0 Å². The average Bonchev–Trinajstić information content (AvgIpc) is 2.38. The van der Waals surface area contributed by atoms with Gasteiger partial charge in [-0.2, -0.15) is 0 Å². The molecule has 2 heterocycles. The van der Waals surface area contributed by atoms with Gasteiger partial charge in [0.05, 0.1) is 42.7 Å². The van der Waals surface area contributed by atoms with Crippen LogP contribution in [-0.2, 0) is 4.74 Å². The molecule has 0 aliphatic carbocycles. The Hall–Kier alpha value is -1.44. The van der Waals surface area contributed by atoms with Crippen LogP contribution < -0.4 is 10.6 Å². The molecular weight excluding hydrogens is 313 g/mol. The lowest BCUT2D eigenvalue weighted by Crippen LogP contribution is -2.43. The van der Waals surface area contributed by atoms with Gasteiger partial charge in [-0.1, -0.05) is 11.6 Å². The van der Waals surface area contributed by atoms with Gasteiger partial charge in [-0.25, -0.2) is 9.37 Å². The molecule has 22 heavy (non-hydrogen) atoms. The van der Waals surface area contributed by atoms with Crippen molar-refractivity contribution in [3.63, 3.8) is 0 Å². The molecule has 0 unspecified atom stereocenters. The number of ether oxygens (including phenoxy) is 1. The molecule has 8 heteroatoms. The number of carbonyl (C=O) groups is 1. The molecule has 3 N–H and O–H groups in total. The van der Waals surface area contributed by atoms with Crippen LogP contribution in [-0.4, -0.2) is 53.6 Å². The van der Waals surface area contributed by atoms with Crippen molar-refractivity contribution in [1.82, 2.24) is 10.3 Å². The quantitative estimate of drug-likeness (QED) is 0.686. The summed E-state index contributed by atoms with van der Waals surface area (Å²) in [5.41, 5.74) is -0.737. The Morgan fingerprint density at radius 1 is 1.64 bits per heavy atom. The van der Waals surface area contributed by atoms with E-state index in [1.165, 1.54) is 26.1 Å². The van der Waals surface area contributed by atoms with Crippen molar-refractivity contribution in [1.29, 1.82) is 0 Å². The summed E-state index contributed by atoms with van der Waals surface area (Å²) < 4.78 is 18.8. The van der Waals surface area contributed by atoms with E-state index in [9.17, 15) is 14.3 Å². The van der Waals surface area contributed by atoms with Gasteiger partial charge < -0.3 is 20.5 Å². The van der Waals surface area contributed by atoms with Gasteiger partial charge in [0.1, 0.15) is 11.3 Å². The van der Waals surface area contributed by atoms with Crippen LogP contribution in [0.5, 0.6) is 0 Å².